The molecule has 0 aliphatic carbocycles. The minimum absolute atomic E-state index is 0.101. The van der Waals surface area contributed by atoms with Gasteiger partial charge in [-0.15, -0.1) is 0 Å². The van der Waals surface area contributed by atoms with Crippen molar-refractivity contribution in [2.24, 2.45) is 0 Å². The lowest BCUT2D eigenvalue weighted by molar-refractivity contribution is -0.166. The predicted molar refractivity (Wildman–Crippen MR) is 330 cm³/mol. The largest absolute Gasteiger partial charge is 0.462 e. The first-order valence-corrected chi connectivity index (χ1v) is 31.9. The molecule has 0 bridgehead atoms. The van der Waals surface area contributed by atoms with Gasteiger partial charge in [-0.05, 0) is 109 Å². The van der Waals surface area contributed by atoms with Crippen LogP contribution in [0.3, 0.4) is 0 Å². The number of carbonyl (C=O) groups excluding carboxylic acids is 3. The summed E-state index contributed by atoms with van der Waals surface area (Å²) in [5.74, 6) is -0.984. The Labute approximate surface area is 470 Å². The average Bonchev–Trinajstić information content (AvgIpc) is 3.42. The van der Waals surface area contributed by atoms with Crippen LogP contribution in [0.1, 0.15) is 297 Å². The number of unbranched alkanes of at least 4 members (excludes halogenated alkanes) is 28. The Balaban J connectivity index is 4.32. The molecule has 0 saturated carbocycles. The Morgan fingerprint density at radius 3 is 0.895 bits per heavy atom. The van der Waals surface area contributed by atoms with Crippen LogP contribution >= 0.6 is 0 Å². The fourth-order valence-electron chi connectivity index (χ4n) is 8.80. The van der Waals surface area contributed by atoms with E-state index in [9.17, 15) is 14.4 Å². The van der Waals surface area contributed by atoms with Gasteiger partial charge in [0.05, 0.1) is 0 Å². The summed E-state index contributed by atoms with van der Waals surface area (Å²) >= 11 is 0. The number of carbonyl (C=O) groups is 3. The van der Waals surface area contributed by atoms with Crippen LogP contribution in [0.25, 0.3) is 0 Å². The third kappa shape index (κ3) is 60.9. The molecule has 0 aliphatic rings. The molecule has 0 aromatic heterocycles. The molecule has 0 amide bonds. The topological polar surface area (TPSA) is 78.9 Å². The lowest BCUT2D eigenvalue weighted by atomic mass is 10.0. The number of hydrogen-bond acceptors (Lipinski definition) is 6. The predicted octanol–water partition coefficient (Wildman–Crippen LogP) is 21.8. The molecule has 0 aliphatic heterocycles. The van der Waals surface area contributed by atoms with Gasteiger partial charge in [-0.25, -0.2) is 0 Å². The molecule has 1 unspecified atom stereocenters. The van der Waals surface area contributed by atoms with Gasteiger partial charge in [0.2, 0.25) is 0 Å². The van der Waals surface area contributed by atoms with Gasteiger partial charge in [0.25, 0.3) is 0 Å². The van der Waals surface area contributed by atoms with E-state index < -0.39 is 6.10 Å². The number of ether oxygens (including phenoxy) is 3. The monoisotopic (exact) mass is 1050 g/mol. The van der Waals surface area contributed by atoms with Crippen molar-refractivity contribution in [1.82, 2.24) is 0 Å². The van der Waals surface area contributed by atoms with Crippen molar-refractivity contribution < 1.29 is 28.6 Å². The Morgan fingerprint density at radius 1 is 0.276 bits per heavy atom. The van der Waals surface area contributed by atoms with E-state index in [2.05, 4.69) is 124 Å². The molecule has 0 radical (unpaired) electrons. The molecule has 76 heavy (non-hydrogen) atoms. The highest BCUT2D eigenvalue weighted by Gasteiger charge is 2.19. The molecule has 6 heteroatoms. The second-order valence-electron chi connectivity index (χ2n) is 20.9. The van der Waals surface area contributed by atoms with Crippen LogP contribution in [0.5, 0.6) is 0 Å². The van der Waals surface area contributed by atoms with Crippen molar-refractivity contribution in [1.29, 1.82) is 0 Å². The number of hydrogen-bond donors (Lipinski definition) is 0. The summed E-state index contributed by atoms with van der Waals surface area (Å²) < 4.78 is 16.8. The second kappa shape index (κ2) is 63.6. The van der Waals surface area contributed by atoms with Crippen LogP contribution in [0, 0.1) is 0 Å². The zero-order valence-corrected chi connectivity index (χ0v) is 49.7. The molecule has 0 N–H and O–H groups in total. The summed E-state index contributed by atoms with van der Waals surface area (Å²) in [7, 11) is 0. The summed E-state index contributed by atoms with van der Waals surface area (Å²) in [6.07, 6.45) is 86.9. The Hall–Kier alpha value is -3.93. The molecule has 0 heterocycles. The van der Waals surface area contributed by atoms with Crippen LogP contribution in [-0.2, 0) is 28.6 Å². The van der Waals surface area contributed by atoms with Gasteiger partial charge in [-0.3, -0.25) is 14.4 Å². The SMILES string of the molecule is CC/C=C\C/C=C\C/C=C\C/C=C\CCCCCCCCCCCCCCCCC(=O)OCC(COC(=O)CC/C=C\C/C=C\C/C=C\C/C=C\CC)OC(=O)CCCCCCCCC/C=C\CCCCCCCCC. The fourth-order valence-corrected chi connectivity index (χ4v) is 8.80. The van der Waals surface area contributed by atoms with Gasteiger partial charge in [0.1, 0.15) is 13.2 Å². The van der Waals surface area contributed by atoms with Gasteiger partial charge < -0.3 is 14.2 Å². The fraction of sp³-hybridized carbons (Fsp3) is 0.700. The third-order valence-corrected chi connectivity index (χ3v) is 13.5. The summed E-state index contributed by atoms with van der Waals surface area (Å²) in [6, 6.07) is 0. The van der Waals surface area contributed by atoms with Gasteiger partial charge in [0, 0.05) is 19.3 Å². The molecule has 1 atom stereocenters. The van der Waals surface area contributed by atoms with Crippen molar-refractivity contribution >= 4 is 17.9 Å². The van der Waals surface area contributed by atoms with Crippen LogP contribution < -0.4 is 0 Å². The zero-order chi connectivity index (χ0) is 55.0. The van der Waals surface area contributed by atoms with E-state index in [1.54, 1.807) is 0 Å². The quantitative estimate of drug-likeness (QED) is 0.0261. The summed E-state index contributed by atoms with van der Waals surface area (Å²) in [6.45, 7) is 6.36. The maximum absolute atomic E-state index is 12.9. The van der Waals surface area contributed by atoms with Gasteiger partial charge in [0.15, 0.2) is 6.10 Å². The van der Waals surface area contributed by atoms with Crippen molar-refractivity contribution in [2.75, 3.05) is 13.2 Å². The molecule has 434 valence electrons. The van der Waals surface area contributed by atoms with Crippen molar-refractivity contribution in [3.05, 3.63) is 109 Å². The van der Waals surface area contributed by atoms with E-state index in [0.717, 1.165) is 89.9 Å². The summed E-state index contributed by atoms with van der Waals surface area (Å²) in [5, 5.41) is 0. The first-order valence-electron chi connectivity index (χ1n) is 31.9. The molecule has 0 rings (SSSR count). The summed E-state index contributed by atoms with van der Waals surface area (Å²) in [5.41, 5.74) is 0. The maximum Gasteiger partial charge on any atom is 0.306 e. The second-order valence-corrected chi connectivity index (χ2v) is 20.9. The third-order valence-electron chi connectivity index (χ3n) is 13.5. The van der Waals surface area contributed by atoms with Crippen molar-refractivity contribution in [2.45, 2.75) is 303 Å². The first-order chi connectivity index (χ1) is 37.5. The average molecular weight is 1060 g/mol. The molecule has 0 spiro atoms. The van der Waals surface area contributed by atoms with E-state index >= 15 is 0 Å². The lowest BCUT2D eigenvalue weighted by Gasteiger charge is -2.18. The number of esters is 3. The first kappa shape index (κ1) is 72.1. The minimum Gasteiger partial charge on any atom is -0.462 e. The van der Waals surface area contributed by atoms with Crippen molar-refractivity contribution in [3.63, 3.8) is 0 Å². The molecule has 0 fully saturated rings. The number of rotatable bonds is 57. The Kier molecular flexibility index (Phi) is 60.3. The molecule has 0 saturated heterocycles. The minimum atomic E-state index is -0.811. The number of allylic oxidation sites excluding steroid dienone is 18. The molecular weight excluding hydrogens is 937 g/mol. The summed E-state index contributed by atoms with van der Waals surface area (Å²) in [4.78, 5) is 38.2. The zero-order valence-electron chi connectivity index (χ0n) is 49.7. The molecule has 6 nitrogen and oxygen atoms in total. The highest BCUT2D eigenvalue weighted by Crippen LogP contribution is 2.16. The van der Waals surface area contributed by atoms with Gasteiger partial charge >= 0.3 is 17.9 Å². The normalized spacial score (nSPS) is 12.8. The molecule has 0 aromatic carbocycles. The van der Waals surface area contributed by atoms with Crippen molar-refractivity contribution in [3.8, 4) is 0 Å². The van der Waals surface area contributed by atoms with Crippen LogP contribution in [-0.4, -0.2) is 37.2 Å². The maximum atomic E-state index is 12.9. The van der Waals surface area contributed by atoms with E-state index in [0.29, 0.717) is 19.3 Å². The van der Waals surface area contributed by atoms with E-state index in [-0.39, 0.29) is 37.5 Å². The smallest absolute Gasteiger partial charge is 0.306 e. The highest BCUT2D eigenvalue weighted by atomic mass is 16.6. The van der Waals surface area contributed by atoms with E-state index in [1.807, 2.05) is 6.08 Å². The van der Waals surface area contributed by atoms with E-state index in [1.165, 1.54) is 161 Å². The highest BCUT2D eigenvalue weighted by molar-refractivity contribution is 5.71. The Morgan fingerprint density at radius 2 is 0.539 bits per heavy atom. The molecular formula is C70H118O6. The van der Waals surface area contributed by atoms with Crippen LogP contribution in [0.15, 0.2) is 109 Å². The van der Waals surface area contributed by atoms with E-state index in [4.69, 9.17) is 14.2 Å². The van der Waals surface area contributed by atoms with Crippen LogP contribution in [0.2, 0.25) is 0 Å². The van der Waals surface area contributed by atoms with Gasteiger partial charge in [-0.1, -0.05) is 278 Å². The van der Waals surface area contributed by atoms with Gasteiger partial charge in [-0.2, -0.15) is 0 Å². The lowest BCUT2D eigenvalue weighted by Crippen LogP contribution is -2.30. The molecule has 0 aromatic rings. The standard InChI is InChI=1S/C70H118O6/c1-4-7-10-13-16-19-22-25-27-29-31-32-33-34-35-36-37-38-39-41-42-45-48-51-54-57-60-63-69(72)75-66-67(65-74-68(71)62-59-56-53-50-47-44-24-21-18-15-12-9-6-3)76-70(73)64-61-58-55-52-49-46-43-40-30-28-26-23-20-17-14-11-8-5-2/h7,9-10,12,16,18-19,21,25,27-28,30-32,44,47,53,56,67H,4-6,8,11,13-15,17,20,22-24,26,29,33-43,45-46,48-52,54-55,57-66H2,1-3H3/b10-7-,12-9-,19-16-,21-18-,27-25-,30-28-,32-31-,47-44-,56-53-. The van der Waals surface area contributed by atoms with Crippen LogP contribution in [0.4, 0.5) is 0 Å². The Bertz CT molecular complexity index is 1540.